The Balaban J connectivity index is 2.63. The summed E-state index contributed by atoms with van der Waals surface area (Å²) < 4.78 is 11.1. The molecule has 4 heteroatoms. The van der Waals surface area contributed by atoms with Crippen molar-refractivity contribution in [3.05, 3.63) is 23.8 Å². The van der Waals surface area contributed by atoms with Crippen LogP contribution in [0.25, 0.3) is 0 Å². The monoisotopic (exact) mass is 248 g/mol. The summed E-state index contributed by atoms with van der Waals surface area (Å²) in [6.45, 7) is 1.35. The molecular formula is C14H20N2O2. The molecule has 0 spiro atoms. The van der Waals surface area contributed by atoms with Crippen LogP contribution in [0.3, 0.4) is 0 Å². The highest BCUT2D eigenvalue weighted by Gasteiger charge is 2.09. The molecule has 1 aromatic rings. The van der Waals surface area contributed by atoms with Gasteiger partial charge in [-0.3, -0.25) is 0 Å². The van der Waals surface area contributed by atoms with Crippen molar-refractivity contribution in [2.24, 2.45) is 0 Å². The molecule has 0 amide bonds. The van der Waals surface area contributed by atoms with E-state index in [-0.39, 0.29) is 0 Å². The summed E-state index contributed by atoms with van der Waals surface area (Å²) in [6, 6.07) is 7.99. The number of hydrogen-bond donors (Lipinski definition) is 1. The topological polar surface area (TPSA) is 54.3 Å². The van der Waals surface area contributed by atoms with Crippen molar-refractivity contribution in [2.75, 3.05) is 20.8 Å². The van der Waals surface area contributed by atoms with E-state index in [1.807, 2.05) is 25.2 Å². The maximum atomic E-state index is 8.46. The highest BCUT2D eigenvalue weighted by molar-refractivity contribution is 5.46. The molecule has 0 fully saturated rings. The number of benzene rings is 1. The maximum absolute atomic E-state index is 8.46. The zero-order valence-corrected chi connectivity index (χ0v) is 11.0. The van der Waals surface area contributed by atoms with E-state index in [0.29, 0.717) is 13.0 Å². The molecule has 1 aromatic carbocycles. The number of nitrogens with one attached hydrogen (secondary N) is 1. The molecule has 0 bridgehead atoms. The Morgan fingerprint density at radius 1 is 1.33 bits per heavy atom. The Labute approximate surface area is 109 Å². The summed E-state index contributed by atoms with van der Waals surface area (Å²) in [5.41, 5.74) is 1.08. The average Bonchev–Trinajstić information content (AvgIpc) is 2.40. The van der Waals surface area contributed by atoms with E-state index < -0.39 is 0 Å². The highest BCUT2D eigenvalue weighted by Crippen LogP contribution is 2.31. The van der Waals surface area contributed by atoms with Crippen molar-refractivity contribution in [3.63, 3.8) is 0 Å². The van der Waals surface area contributed by atoms with Gasteiger partial charge in [-0.2, -0.15) is 5.26 Å². The largest absolute Gasteiger partial charge is 0.493 e. The lowest BCUT2D eigenvalue weighted by molar-refractivity contribution is 0.283. The Morgan fingerprint density at radius 2 is 2.17 bits per heavy atom. The summed E-state index contributed by atoms with van der Waals surface area (Å²) in [4.78, 5) is 0. The second-order valence-corrected chi connectivity index (χ2v) is 3.94. The standard InChI is InChI=1S/C14H20N2O2/c1-16-11-12-7-6-8-13(17-2)14(12)18-10-5-3-4-9-15/h6-8,16H,3-5,10-11H2,1-2H3. The summed E-state index contributed by atoms with van der Waals surface area (Å²) in [7, 11) is 3.54. The molecule has 0 aromatic heterocycles. The molecule has 0 heterocycles. The summed E-state index contributed by atoms with van der Waals surface area (Å²) in [5.74, 6) is 1.55. The predicted octanol–water partition coefficient (Wildman–Crippen LogP) is 2.49. The van der Waals surface area contributed by atoms with Crippen LogP contribution in [-0.2, 0) is 6.54 Å². The fourth-order valence-corrected chi connectivity index (χ4v) is 1.70. The molecule has 0 radical (unpaired) electrons. The van der Waals surface area contributed by atoms with E-state index in [1.54, 1.807) is 7.11 Å². The molecule has 4 nitrogen and oxygen atoms in total. The summed E-state index contributed by atoms with van der Waals surface area (Å²) in [5, 5.41) is 11.6. The number of methoxy groups -OCH3 is 1. The van der Waals surface area contributed by atoms with Crippen LogP contribution in [0.4, 0.5) is 0 Å². The molecule has 0 atom stereocenters. The molecule has 98 valence electrons. The Kier molecular flexibility index (Phi) is 6.67. The van der Waals surface area contributed by atoms with Crippen molar-refractivity contribution >= 4 is 0 Å². The zero-order chi connectivity index (χ0) is 13.2. The van der Waals surface area contributed by atoms with Crippen molar-refractivity contribution in [1.29, 1.82) is 5.26 Å². The fourth-order valence-electron chi connectivity index (χ4n) is 1.70. The van der Waals surface area contributed by atoms with Gasteiger partial charge in [0.1, 0.15) is 0 Å². The van der Waals surface area contributed by atoms with Gasteiger partial charge in [-0.1, -0.05) is 12.1 Å². The number of hydrogen-bond acceptors (Lipinski definition) is 4. The normalized spacial score (nSPS) is 9.83. The van der Waals surface area contributed by atoms with Crippen LogP contribution in [0.5, 0.6) is 11.5 Å². The van der Waals surface area contributed by atoms with Crippen molar-refractivity contribution < 1.29 is 9.47 Å². The first kappa shape index (κ1) is 14.3. The lowest BCUT2D eigenvalue weighted by Gasteiger charge is -2.14. The van der Waals surface area contributed by atoms with Gasteiger partial charge >= 0.3 is 0 Å². The third-order valence-corrected chi connectivity index (χ3v) is 2.58. The average molecular weight is 248 g/mol. The van der Waals surface area contributed by atoms with E-state index in [4.69, 9.17) is 14.7 Å². The lowest BCUT2D eigenvalue weighted by Crippen LogP contribution is -2.09. The fraction of sp³-hybridized carbons (Fsp3) is 0.500. The first-order valence-electron chi connectivity index (χ1n) is 6.13. The molecule has 0 saturated heterocycles. The van der Waals surface area contributed by atoms with E-state index >= 15 is 0 Å². The minimum atomic E-state index is 0.582. The third kappa shape index (κ3) is 4.27. The Bertz CT molecular complexity index is 399. The minimum absolute atomic E-state index is 0.582. The van der Waals surface area contributed by atoms with Crippen LogP contribution < -0.4 is 14.8 Å². The van der Waals surface area contributed by atoms with Crippen LogP contribution in [-0.4, -0.2) is 20.8 Å². The van der Waals surface area contributed by atoms with Gasteiger partial charge in [0.15, 0.2) is 11.5 Å². The molecular weight excluding hydrogens is 228 g/mol. The van der Waals surface area contributed by atoms with Crippen molar-refractivity contribution in [3.8, 4) is 17.6 Å². The first-order valence-corrected chi connectivity index (χ1v) is 6.13. The lowest BCUT2D eigenvalue weighted by atomic mass is 10.2. The number of nitriles is 1. The molecule has 0 saturated carbocycles. The quantitative estimate of drug-likeness (QED) is 0.718. The molecule has 1 rings (SSSR count). The van der Waals surface area contributed by atoms with Gasteiger partial charge in [-0.15, -0.1) is 0 Å². The maximum Gasteiger partial charge on any atom is 0.165 e. The second-order valence-electron chi connectivity index (χ2n) is 3.94. The summed E-state index contributed by atoms with van der Waals surface area (Å²) >= 11 is 0. The number of unbranched alkanes of at least 4 members (excludes halogenated alkanes) is 2. The van der Waals surface area contributed by atoms with Crippen molar-refractivity contribution in [2.45, 2.75) is 25.8 Å². The van der Waals surface area contributed by atoms with Gasteiger partial charge in [-0.25, -0.2) is 0 Å². The van der Waals surface area contributed by atoms with E-state index in [2.05, 4.69) is 11.4 Å². The smallest absolute Gasteiger partial charge is 0.165 e. The van der Waals surface area contributed by atoms with Gasteiger partial charge in [0.05, 0.1) is 19.8 Å². The second kappa shape index (κ2) is 8.37. The molecule has 0 unspecified atom stereocenters. The minimum Gasteiger partial charge on any atom is -0.493 e. The number of rotatable bonds is 8. The van der Waals surface area contributed by atoms with E-state index in [0.717, 1.165) is 36.4 Å². The number of para-hydroxylation sites is 1. The number of nitrogens with zero attached hydrogens (tertiary/aromatic N) is 1. The molecule has 18 heavy (non-hydrogen) atoms. The van der Waals surface area contributed by atoms with Crippen LogP contribution in [0.2, 0.25) is 0 Å². The summed E-state index contributed by atoms with van der Waals surface area (Å²) in [6.07, 6.45) is 2.33. The SMILES string of the molecule is CNCc1cccc(OC)c1OCCCCC#N. The third-order valence-electron chi connectivity index (χ3n) is 2.58. The van der Waals surface area contributed by atoms with Crippen LogP contribution in [0.1, 0.15) is 24.8 Å². The van der Waals surface area contributed by atoms with Crippen molar-refractivity contribution in [1.82, 2.24) is 5.32 Å². The zero-order valence-electron chi connectivity index (χ0n) is 11.0. The number of ether oxygens (including phenoxy) is 2. The van der Waals surface area contributed by atoms with Crippen LogP contribution in [0.15, 0.2) is 18.2 Å². The van der Waals surface area contributed by atoms with Gasteiger partial charge < -0.3 is 14.8 Å². The first-order chi connectivity index (χ1) is 8.83. The van der Waals surface area contributed by atoms with Gasteiger partial charge in [0, 0.05) is 18.5 Å². The van der Waals surface area contributed by atoms with Gasteiger partial charge in [0.25, 0.3) is 0 Å². The van der Waals surface area contributed by atoms with E-state index in [1.165, 1.54) is 0 Å². The van der Waals surface area contributed by atoms with Gasteiger partial charge in [-0.05, 0) is 26.0 Å². The Morgan fingerprint density at radius 3 is 2.83 bits per heavy atom. The molecule has 0 aliphatic carbocycles. The Hall–Kier alpha value is -1.73. The van der Waals surface area contributed by atoms with Crippen LogP contribution >= 0.6 is 0 Å². The predicted molar refractivity (Wildman–Crippen MR) is 70.7 cm³/mol. The molecule has 0 aliphatic rings. The van der Waals surface area contributed by atoms with Crippen LogP contribution in [0, 0.1) is 11.3 Å². The highest BCUT2D eigenvalue weighted by atomic mass is 16.5. The molecule has 1 N–H and O–H groups in total. The van der Waals surface area contributed by atoms with Gasteiger partial charge in [0.2, 0.25) is 0 Å². The molecule has 0 aliphatic heterocycles. The van der Waals surface area contributed by atoms with E-state index in [9.17, 15) is 0 Å².